The van der Waals surface area contributed by atoms with E-state index in [1.807, 2.05) is 45.9 Å². The van der Waals surface area contributed by atoms with E-state index in [1.54, 1.807) is 6.08 Å². The summed E-state index contributed by atoms with van der Waals surface area (Å²) in [5, 5.41) is 8.81. The lowest BCUT2D eigenvalue weighted by atomic mass is 10.1. The Balaban J connectivity index is 2.35. The first kappa shape index (κ1) is 29.2. The van der Waals surface area contributed by atoms with Gasteiger partial charge >= 0.3 is 14.8 Å². The van der Waals surface area contributed by atoms with Gasteiger partial charge in [-0.15, -0.1) is 0 Å². The van der Waals surface area contributed by atoms with Crippen LogP contribution in [0.15, 0.2) is 24.3 Å². The van der Waals surface area contributed by atoms with Crippen molar-refractivity contribution in [3.8, 4) is 11.5 Å². The van der Waals surface area contributed by atoms with Crippen molar-refractivity contribution in [2.24, 2.45) is 0 Å². The molecule has 0 bridgehead atoms. The van der Waals surface area contributed by atoms with Gasteiger partial charge in [0.1, 0.15) is 0 Å². The van der Waals surface area contributed by atoms with Crippen molar-refractivity contribution in [1.29, 1.82) is 0 Å². The Morgan fingerprint density at radius 2 is 1.42 bits per heavy atom. The summed E-state index contributed by atoms with van der Waals surface area (Å²) in [6.45, 7) is 10.9. The summed E-state index contributed by atoms with van der Waals surface area (Å²) in [5.74, 6) is 0.344. The largest absolute Gasteiger partial charge is 0.500 e. The van der Waals surface area contributed by atoms with Crippen molar-refractivity contribution in [3.05, 3.63) is 29.8 Å². The van der Waals surface area contributed by atoms with Gasteiger partial charge in [-0.2, -0.15) is 0 Å². The fraction of sp³-hybridized carbons (Fsp3) is 0.640. The van der Waals surface area contributed by atoms with Gasteiger partial charge in [0.2, 0.25) is 0 Å². The number of unbranched alkanes of at least 4 members (excludes halogenated alkanes) is 5. The zero-order chi connectivity index (χ0) is 24.4. The Labute approximate surface area is 200 Å². The Kier molecular flexibility index (Phi) is 15.5. The summed E-state index contributed by atoms with van der Waals surface area (Å²) >= 11 is 0. The predicted molar refractivity (Wildman–Crippen MR) is 133 cm³/mol. The van der Waals surface area contributed by atoms with Crippen molar-refractivity contribution in [2.75, 3.05) is 33.0 Å². The fourth-order valence-electron chi connectivity index (χ4n) is 3.52. The quantitative estimate of drug-likeness (QED) is 0.140. The topological polar surface area (TPSA) is 83.5 Å². The number of ether oxygens (including phenoxy) is 2. The van der Waals surface area contributed by atoms with Crippen LogP contribution in [0.3, 0.4) is 0 Å². The fourth-order valence-corrected chi connectivity index (χ4v) is 6.20. The van der Waals surface area contributed by atoms with Crippen molar-refractivity contribution in [2.45, 2.75) is 72.3 Å². The van der Waals surface area contributed by atoms with E-state index in [4.69, 9.17) is 27.9 Å². The van der Waals surface area contributed by atoms with Gasteiger partial charge in [-0.1, -0.05) is 31.7 Å². The van der Waals surface area contributed by atoms with Gasteiger partial charge in [0, 0.05) is 31.9 Å². The van der Waals surface area contributed by atoms with Crippen LogP contribution in [-0.4, -0.2) is 52.9 Å². The highest BCUT2D eigenvalue weighted by molar-refractivity contribution is 6.60. The maximum atomic E-state index is 10.7. The van der Waals surface area contributed by atoms with Crippen molar-refractivity contribution < 1.29 is 32.7 Å². The minimum absolute atomic E-state index is 0.542. The summed E-state index contributed by atoms with van der Waals surface area (Å²) in [7, 11) is -2.51. The summed E-state index contributed by atoms with van der Waals surface area (Å²) in [6, 6.07) is 6.32. The molecule has 0 unspecified atom stereocenters. The highest BCUT2D eigenvalue weighted by Gasteiger charge is 2.39. The second-order valence-corrected chi connectivity index (χ2v) is 10.2. The Hall–Kier alpha value is -1.87. The molecule has 0 spiro atoms. The van der Waals surface area contributed by atoms with Crippen molar-refractivity contribution in [3.63, 3.8) is 0 Å². The molecule has 1 aromatic carbocycles. The smallest absolute Gasteiger partial charge is 0.490 e. The van der Waals surface area contributed by atoms with E-state index >= 15 is 0 Å². The van der Waals surface area contributed by atoms with E-state index in [1.165, 1.54) is 0 Å². The normalized spacial score (nSPS) is 11.8. The molecule has 1 N–H and O–H groups in total. The third kappa shape index (κ3) is 12.2. The maximum Gasteiger partial charge on any atom is 0.500 e. The molecule has 0 radical (unpaired) electrons. The van der Waals surface area contributed by atoms with Gasteiger partial charge in [0.05, 0.1) is 13.2 Å². The van der Waals surface area contributed by atoms with E-state index in [2.05, 4.69) is 0 Å². The lowest BCUT2D eigenvalue weighted by molar-refractivity contribution is -0.131. The van der Waals surface area contributed by atoms with Gasteiger partial charge in [0.25, 0.3) is 0 Å². The van der Waals surface area contributed by atoms with Crippen LogP contribution in [0.2, 0.25) is 6.04 Å². The molecular weight excluding hydrogens is 440 g/mol. The maximum absolute atomic E-state index is 10.7. The molecule has 0 aliphatic carbocycles. The molecule has 0 fully saturated rings. The third-order valence-electron chi connectivity index (χ3n) is 4.91. The van der Waals surface area contributed by atoms with Gasteiger partial charge in [-0.3, -0.25) is 0 Å². The monoisotopic (exact) mass is 482 g/mol. The number of hydrogen-bond acceptors (Lipinski definition) is 6. The molecule has 0 saturated carbocycles. The third-order valence-corrected chi connectivity index (χ3v) is 8.07. The minimum atomic E-state index is -2.51. The van der Waals surface area contributed by atoms with Crippen LogP contribution in [0.5, 0.6) is 11.5 Å². The molecule has 33 heavy (non-hydrogen) atoms. The molecule has 188 valence electrons. The molecule has 0 heterocycles. The van der Waals surface area contributed by atoms with Crippen LogP contribution in [0.25, 0.3) is 6.08 Å². The first-order valence-electron chi connectivity index (χ1n) is 12.2. The lowest BCUT2D eigenvalue weighted by Gasteiger charge is -2.28. The molecule has 0 aromatic heterocycles. The van der Waals surface area contributed by atoms with Crippen LogP contribution in [-0.2, 0) is 18.1 Å². The molecule has 8 heteroatoms. The van der Waals surface area contributed by atoms with Gasteiger partial charge in [-0.05, 0) is 64.3 Å². The summed E-state index contributed by atoms with van der Waals surface area (Å²) in [6.07, 6.45) is 9.20. The average Bonchev–Trinajstić information content (AvgIpc) is 2.78. The number of carboxylic acid groups (broad SMARTS) is 1. The van der Waals surface area contributed by atoms with Crippen LogP contribution in [0.1, 0.15) is 71.8 Å². The lowest BCUT2D eigenvalue weighted by Crippen LogP contribution is -2.45. The number of benzene rings is 1. The number of hydrogen-bond donors (Lipinski definition) is 1. The number of aliphatic carboxylic acids is 1. The zero-order valence-electron chi connectivity index (χ0n) is 20.8. The number of carboxylic acids is 1. The van der Waals surface area contributed by atoms with E-state index in [0.29, 0.717) is 44.5 Å². The Bertz CT molecular complexity index is 676. The molecule has 0 aliphatic rings. The molecule has 0 aliphatic heterocycles. The molecule has 1 aromatic rings. The second kappa shape index (κ2) is 17.6. The van der Waals surface area contributed by atoms with Gasteiger partial charge < -0.3 is 27.9 Å². The van der Waals surface area contributed by atoms with Crippen molar-refractivity contribution in [1.82, 2.24) is 0 Å². The van der Waals surface area contributed by atoms with E-state index in [9.17, 15) is 4.79 Å². The highest BCUT2D eigenvalue weighted by Crippen LogP contribution is 2.29. The first-order valence-corrected chi connectivity index (χ1v) is 14.2. The molecular formula is C25H42O7Si. The van der Waals surface area contributed by atoms with E-state index in [0.717, 1.165) is 56.2 Å². The molecule has 1 rings (SSSR count). The van der Waals surface area contributed by atoms with Crippen LogP contribution < -0.4 is 9.47 Å². The summed E-state index contributed by atoms with van der Waals surface area (Å²) in [5.41, 5.74) is 0.765. The second-order valence-electron chi connectivity index (χ2n) is 7.51. The molecule has 0 amide bonds. The predicted octanol–water partition coefficient (Wildman–Crippen LogP) is 5.95. The number of rotatable bonds is 20. The summed E-state index contributed by atoms with van der Waals surface area (Å²) < 4.78 is 29.3. The van der Waals surface area contributed by atoms with Gasteiger partial charge in [-0.25, -0.2) is 4.79 Å². The standard InChI is InChI=1S/C25H42O7Si/c1-5-28-23-17-15-22(16-18-25(26)27)21-24(23)29-19-13-11-9-10-12-14-20-33(30-6-2,31-7-3)32-8-4/h15-18,21H,5-14,19-20H2,1-4H3,(H,26,27)/b18-16+. The average molecular weight is 483 g/mol. The Morgan fingerprint density at radius 1 is 0.818 bits per heavy atom. The van der Waals surface area contributed by atoms with Crippen molar-refractivity contribution >= 4 is 20.8 Å². The molecule has 7 nitrogen and oxygen atoms in total. The van der Waals surface area contributed by atoms with Gasteiger partial charge in [0.15, 0.2) is 11.5 Å². The first-order chi connectivity index (χ1) is 16.0. The molecule has 0 saturated heterocycles. The molecule has 0 atom stereocenters. The SMILES string of the molecule is CCOc1ccc(/C=C/C(=O)O)cc1OCCCCCCCC[Si](OCC)(OCC)OCC. The highest BCUT2D eigenvalue weighted by atomic mass is 28.4. The van der Waals surface area contributed by atoms with E-state index in [-0.39, 0.29) is 0 Å². The van der Waals surface area contributed by atoms with Crippen LogP contribution >= 0.6 is 0 Å². The zero-order valence-corrected chi connectivity index (χ0v) is 21.8. The van der Waals surface area contributed by atoms with Crippen LogP contribution in [0, 0.1) is 0 Å². The summed E-state index contributed by atoms with van der Waals surface area (Å²) in [4.78, 5) is 10.7. The Morgan fingerprint density at radius 3 is 2.00 bits per heavy atom. The minimum Gasteiger partial charge on any atom is -0.490 e. The number of carbonyl (C=O) groups is 1. The van der Waals surface area contributed by atoms with Crippen LogP contribution in [0.4, 0.5) is 0 Å². The van der Waals surface area contributed by atoms with E-state index < -0.39 is 14.8 Å².